The highest BCUT2D eigenvalue weighted by Crippen LogP contribution is 2.17. The van der Waals surface area contributed by atoms with Crippen LogP contribution in [-0.4, -0.2) is 61.4 Å². The fourth-order valence-corrected chi connectivity index (χ4v) is 3.66. The molecule has 1 fully saturated rings. The smallest absolute Gasteiger partial charge is 0.264 e. The average molecular weight is 373 g/mol. The number of thiophene rings is 1. The number of carbonyl (C=O) groups is 2. The van der Waals surface area contributed by atoms with E-state index in [1.807, 2.05) is 46.7 Å². The van der Waals surface area contributed by atoms with Gasteiger partial charge in [0.15, 0.2) is 0 Å². The largest absolute Gasteiger partial charge is 0.496 e. The Labute approximate surface area is 157 Å². The van der Waals surface area contributed by atoms with Crippen LogP contribution in [0.4, 0.5) is 0 Å². The van der Waals surface area contributed by atoms with E-state index < -0.39 is 0 Å². The van der Waals surface area contributed by atoms with Crippen LogP contribution in [0.15, 0.2) is 41.8 Å². The van der Waals surface area contributed by atoms with Crippen LogP contribution in [0.5, 0.6) is 5.75 Å². The molecule has 1 saturated heterocycles. The summed E-state index contributed by atoms with van der Waals surface area (Å²) in [6, 6.07) is 11.4. The molecule has 3 rings (SSSR count). The number of para-hydroxylation sites is 1. The molecule has 2 aromatic rings. The Morgan fingerprint density at radius 1 is 1.12 bits per heavy atom. The molecule has 1 aromatic heterocycles. The fraction of sp³-hybridized carbons (Fsp3) is 0.368. The first-order valence-corrected chi connectivity index (χ1v) is 9.49. The van der Waals surface area contributed by atoms with Gasteiger partial charge in [0.1, 0.15) is 5.75 Å². The van der Waals surface area contributed by atoms with Gasteiger partial charge in [-0.25, -0.2) is 0 Å². The number of hydrogen-bond acceptors (Lipinski definition) is 5. The van der Waals surface area contributed by atoms with Crippen LogP contribution < -0.4 is 10.1 Å². The lowest BCUT2D eigenvalue weighted by Gasteiger charge is -2.34. The van der Waals surface area contributed by atoms with Gasteiger partial charge < -0.3 is 15.0 Å². The van der Waals surface area contributed by atoms with Crippen molar-refractivity contribution >= 4 is 23.2 Å². The Bertz CT molecular complexity index is 740. The number of carbonyl (C=O) groups excluding carboxylic acids is 2. The maximum Gasteiger partial charge on any atom is 0.264 e. The molecule has 138 valence electrons. The van der Waals surface area contributed by atoms with Gasteiger partial charge in [-0.3, -0.25) is 14.5 Å². The van der Waals surface area contributed by atoms with Crippen LogP contribution in [-0.2, 0) is 11.3 Å². The lowest BCUT2D eigenvalue weighted by Crippen LogP contribution is -2.51. The summed E-state index contributed by atoms with van der Waals surface area (Å²) >= 11 is 1.46. The Morgan fingerprint density at radius 3 is 2.58 bits per heavy atom. The fourth-order valence-electron chi connectivity index (χ4n) is 2.97. The molecule has 2 heterocycles. The number of nitrogens with zero attached hydrogens (tertiary/aromatic N) is 2. The average Bonchev–Trinajstić information content (AvgIpc) is 3.21. The van der Waals surface area contributed by atoms with E-state index in [1.54, 1.807) is 7.11 Å². The SMILES string of the molecule is COc1ccccc1CNC(=O)CN1CCN(C(=O)c2cccs2)CC1. The minimum atomic E-state index is -0.0195. The summed E-state index contributed by atoms with van der Waals surface area (Å²) in [6.45, 7) is 3.50. The second kappa shape index (κ2) is 8.82. The Hall–Kier alpha value is -2.38. The van der Waals surface area contributed by atoms with Crippen molar-refractivity contribution in [3.8, 4) is 5.75 Å². The van der Waals surface area contributed by atoms with E-state index in [9.17, 15) is 9.59 Å². The second-order valence-corrected chi connectivity index (χ2v) is 7.08. The first-order valence-electron chi connectivity index (χ1n) is 8.61. The van der Waals surface area contributed by atoms with Gasteiger partial charge in [0.25, 0.3) is 5.91 Å². The van der Waals surface area contributed by atoms with Gasteiger partial charge in [-0.1, -0.05) is 24.3 Å². The van der Waals surface area contributed by atoms with Crippen LogP contribution in [0.2, 0.25) is 0 Å². The Balaban J connectivity index is 1.43. The zero-order valence-electron chi connectivity index (χ0n) is 14.8. The number of methoxy groups -OCH3 is 1. The van der Waals surface area contributed by atoms with Crippen molar-refractivity contribution in [1.29, 1.82) is 0 Å². The number of piperazine rings is 1. The van der Waals surface area contributed by atoms with Gasteiger partial charge in [0, 0.05) is 38.3 Å². The molecule has 2 amide bonds. The van der Waals surface area contributed by atoms with Crippen LogP contribution in [0.3, 0.4) is 0 Å². The van der Waals surface area contributed by atoms with Gasteiger partial charge in [0.2, 0.25) is 5.91 Å². The topological polar surface area (TPSA) is 61.9 Å². The van der Waals surface area contributed by atoms with Gasteiger partial charge in [-0.15, -0.1) is 11.3 Å². The lowest BCUT2D eigenvalue weighted by molar-refractivity contribution is -0.122. The predicted octanol–water partition coefficient (Wildman–Crippen LogP) is 1.83. The molecule has 0 aliphatic carbocycles. The molecule has 6 nitrogen and oxygen atoms in total. The highest BCUT2D eigenvalue weighted by Gasteiger charge is 2.23. The molecule has 7 heteroatoms. The molecule has 1 aliphatic heterocycles. The Morgan fingerprint density at radius 2 is 1.88 bits per heavy atom. The third-order valence-corrected chi connectivity index (χ3v) is 5.29. The number of nitrogens with one attached hydrogen (secondary N) is 1. The zero-order valence-corrected chi connectivity index (χ0v) is 15.6. The monoisotopic (exact) mass is 373 g/mol. The molecule has 0 saturated carbocycles. The number of hydrogen-bond donors (Lipinski definition) is 1. The number of rotatable bonds is 6. The van der Waals surface area contributed by atoms with E-state index in [2.05, 4.69) is 10.2 Å². The second-order valence-electron chi connectivity index (χ2n) is 6.13. The molecule has 0 atom stereocenters. The van der Waals surface area contributed by atoms with Crippen molar-refractivity contribution in [3.63, 3.8) is 0 Å². The molecule has 1 N–H and O–H groups in total. The molecular weight excluding hydrogens is 350 g/mol. The maximum atomic E-state index is 12.3. The highest BCUT2D eigenvalue weighted by atomic mass is 32.1. The molecule has 0 unspecified atom stereocenters. The molecular formula is C19H23N3O3S. The summed E-state index contributed by atoms with van der Waals surface area (Å²) < 4.78 is 5.29. The minimum absolute atomic E-state index is 0.0195. The van der Waals surface area contributed by atoms with Crippen molar-refractivity contribution in [2.75, 3.05) is 39.8 Å². The molecule has 1 aliphatic rings. The Kier molecular flexibility index (Phi) is 6.25. The summed E-state index contributed by atoms with van der Waals surface area (Å²) in [5.41, 5.74) is 0.953. The number of amides is 2. The van der Waals surface area contributed by atoms with E-state index in [0.717, 1.165) is 16.2 Å². The summed E-state index contributed by atoms with van der Waals surface area (Å²) in [5.74, 6) is 0.836. The van der Waals surface area contributed by atoms with E-state index in [0.29, 0.717) is 39.3 Å². The van der Waals surface area contributed by atoms with Crippen LogP contribution in [0, 0.1) is 0 Å². The predicted molar refractivity (Wildman–Crippen MR) is 102 cm³/mol. The van der Waals surface area contributed by atoms with Crippen molar-refractivity contribution in [3.05, 3.63) is 52.2 Å². The lowest BCUT2D eigenvalue weighted by atomic mass is 10.2. The van der Waals surface area contributed by atoms with Crippen LogP contribution in [0.25, 0.3) is 0 Å². The van der Waals surface area contributed by atoms with Crippen LogP contribution >= 0.6 is 11.3 Å². The van der Waals surface area contributed by atoms with Crippen molar-refractivity contribution in [1.82, 2.24) is 15.1 Å². The minimum Gasteiger partial charge on any atom is -0.496 e. The molecule has 0 bridgehead atoms. The van der Waals surface area contributed by atoms with Crippen molar-refractivity contribution in [2.24, 2.45) is 0 Å². The summed E-state index contributed by atoms with van der Waals surface area (Å²) in [5, 5.41) is 4.85. The third-order valence-electron chi connectivity index (χ3n) is 4.43. The van der Waals surface area contributed by atoms with E-state index >= 15 is 0 Å². The van der Waals surface area contributed by atoms with E-state index in [1.165, 1.54) is 11.3 Å². The quantitative estimate of drug-likeness (QED) is 0.839. The molecule has 0 spiro atoms. The highest BCUT2D eigenvalue weighted by molar-refractivity contribution is 7.12. The van der Waals surface area contributed by atoms with E-state index in [-0.39, 0.29) is 11.8 Å². The molecule has 0 radical (unpaired) electrons. The zero-order chi connectivity index (χ0) is 18.4. The van der Waals surface area contributed by atoms with Crippen LogP contribution in [0.1, 0.15) is 15.2 Å². The third kappa shape index (κ3) is 4.62. The van der Waals surface area contributed by atoms with Gasteiger partial charge in [-0.05, 0) is 17.5 Å². The van der Waals surface area contributed by atoms with Gasteiger partial charge in [-0.2, -0.15) is 0 Å². The normalized spacial score (nSPS) is 14.9. The number of benzene rings is 1. The van der Waals surface area contributed by atoms with Gasteiger partial charge in [0.05, 0.1) is 18.5 Å². The van der Waals surface area contributed by atoms with E-state index in [4.69, 9.17) is 4.74 Å². The maximum absolute atomic E-state index is 12.3. The summed E-state index contributed by atoms with van der Waals surface area (Å²) in [7, 11) is 1.62. The standard InChI is InChI=1S/C19H23N3O3S/c1-25-16-6-3-2-5-15(16)13-20-18(23)14-21-8-10-22(11-9-21)19(24)17-7-4-12-26-17/h2-7,12H,8-11,13-14H2,1H3,(H,20,23). The first-order chi connectivity index (χ1) is 12.7. The number of ether oxygens (including phenoxy) is 1. The summed E-state index contributed by atoms with van der Waals surface area (Å²) in [6.07, 6.45) is 0. The van der Waals surface area contributed by atoms with Crippen molar-refractivity contribution in [2.45, 2.75) is 6.54 Å². The summed E-state index contributed by atoms with van der Waals surface area (Å²) in [4.78, 5) is 29.3. The van der Waals surface area contributed by atoms with Crippen molar-refractivity contribution < 1.29 is 14.3 Å². The van der Waals surface area contributed by atoms with Gasteiger partial charge >= 0.3 is 0 Å². The molecule has 1 aromatic carbocycles. The molecule has 26 heavy (non-hydrogen) atoms. The first kappa shape index (κ1) is 18.4.